The van der Waals surface area contributed by atoms with Crippen molar-refractivity contribution in [1.82, 2.24) is 4.98 Å². The van der Waals surface area contributed by atoms with Crippen molar-refractivity contribution in [2.75, 3.05) is 5.32 Å². The molecule has 0 aromatic carbocycles. The second kappa shape index (κ2) is 5.23. The first-order valence-corrected chi connectivity index (χ1v) is 6.51. The molecule has 1 heterocycles. The Morgan fingerprint density at radius 2 is 2.47 bits per heavy atom. The molecule has 0 aliphatic heterocycles. The van der Waals surface area contributed by atoms with Gasteiger partial charge in [0.1, 0.15) is 0 Å². The summed E-state index contributed by atoms with van der Waals surface area (Å²) >= 11 is 1.46. The van der Waals surface area contributed by atoms with E-state index in [9.17, 15) is 4.79 Å². The number of rotatable bonds is 5. The molecule has 0 atom stereocenters. The molecule has 1 amide bonds. The molecule has 4 nitrogen and oxygen atoms in total. The first kappa shape index (κ1) is 12.0. The molecule has 1 aliphatic rings. The summed E-state index contributed by atoms with van der Waals surface area (Å²) in [4.78, 5) is 21.0. The average molecular weight is 249 g/mol. The van der Waals surface area contributed by atoms with Crippen molar-refractivity contribution >= 4 is 28.6 Å². The maximum absolute atomic E-state index is 11.6. The Bertz CT molecular complexity index is 460. The number of nitrogens with zero attached hydrogens (tertiary/aromatic N) is 2. The van der Waals surface area contributed by atoms with Crippen molar-refractivity contribution in [3.8, 4) is 0 Å². The first-order valence-electron chi connectivity index (χ1n) is 5.69. The van der Waals surface area contributed by atoms with E-state index in [0.29, 0.717) is 5.13 Å². The highest BCUT2D eigenvalue weighted by atomic mass is 32.1. The molecule has 17 heavy (non-hydrogen) atoms. The number of aliphatic imine (C=N–C) groups is 1. The minimum absolute atomic E-state index is 0.0913. The van der Waals surface area contributed by atoms with Crippen LogP contribution in [-0.4, -0.2) is 17.1 Å². The van der Waals surface area contributed by atoms with Gasteiger partial charge in [-0.15, -0.1) is 0 Å². The number of hydrogen-bond donors (Lipinski definition) is 1. The number of carbonyl (C=O) groups is 1. The Morgan fingerprint density at radius 1 is 1.71 bits per heavy atom. The van der Waals surface area contributed by atoms with Crippen LogP contribution in [0.25, 0.3) is 0 Å². The topological polar surface area (TPSA) is 54.4 Å². The van der Waals surface area contributed by atoms with E-state index in [1.807, 2.05) is 6.92 Å². The number of hydrogen-bond acceptors (Lipinski definition) is 4. The van der Waals surface area contributed by atoms with Gasteiger partial charge in [0.15, 0.2) is 5.13 Å². The van der Waals surface area contributed by atoms with Crippen molar-refractivity contribution in [3.63, 3.8) is 0 Å². The highest BCUT2D eigenvalue weighted by Gasteiger charge is 2.30. The van der Waals surface area contributed by atoms with Crippen LogP contribution in [0.4, 0.5) is 5.13 Å². The van der Waals surface area contributed by atoms with E-state index in [2.05, 4.69) is 21.9 Å². The molecule has 1 saturated carbocycles. The number of thiazole rings is 1. The molecule has 5 heteroatoms. The summed E-state index contributed by atoms with van der Waals surface area (Å²) < 4.78 is 0. The summed E-state index contributed by atoms with van der Waals surface area (Å²) in [5.41, 5.74) is 0.965. The summed E-state index contributed by atoms with van der Waals surface area (Å²) in [6, 6.07) is 0. The number of nitrogens with one attached hydrogen (secondary N) is 1. The largest absolute Gasteiger partial charge is 0.302 e. The van der Waals surface area contributed by atoms with Gasteiger partial charge in [-0.05, 0) is 19.3 Å². The lowest BCUT2D eigenvalue weighted by atomic mass is 10.3. The van der Waals surface area contributed by atoms with Crippen molar-refractivity contribution in [2.24, 2.45) is 10.9 Å². The summed E-state index contributed by atoms with van der Waals surface area (Å²) in [7, 11) is 0. The molecule has 0 unspecified atom stereocenters. The van der Waals surface area contributed by atoms with Crippen LogP contribution in [0.15, 0.2) is 17.8 Å². The molecule has 1 aromatic rings. The number of anilines is 1. The smallest absolute Gasteiger partial charge is 0.229 e. The number of carbonyl (C=O) groups excluding carboxylic acids is 1. The number of amides is 1. The van der Waals surface area contributed by atoms with E-state index in [4.69, 9.17) is 0 Å². The van der Waals surface area contributed by atoms with Crippen LogP contribution in [0.3, 0.4) is 0 Å². The van der Waals surface area contributed by atoms with E-state index in [0.717, 1.165) is 29.8 Å². The monoisotopic (exact) mass is 249 g/mol. The molecule has 1 N–H and O–H groups in total. The third-order valence-electron chi connectivity index (χ3n) is 2.54. The molecule has 0 spiro atoms. The Hall–Kier alpha value is -1.49. The summed E-state index contributed by atoms with van der Waals surface area (Å²) in [6.45, 7) is 5.57. The van der Waals surface area contributed by atoms with E-state index < -0.39 is 0 Å². The van der Waals surface area contributed by atoms with Crippen molar-refractivity contribution < 1.29 is 4.79 Å². The first-order chi connectivity index (χ1) is 8.24. The van der Waals surface area contributed by atoms with Gasteiger partial charge in [0.2, 0.25) is 5.91 Å². The lowest BCUT2D eigenvalue weighted by Crippen LogP contribution is -2.12. The van der Waals surface area contributed by atoms with E-state index in [1.54, 1.807) is 6.21 Å². The third kappa shape index (κ3) is 3.00. The highest BCUT2D eigenvalue weighted by molar-refractivity contribution is 7.17. The summed E-state index contributed by atoms with van der Waals surface area (Å²) in [5, 5.41) is 3.53. The van der Waals surface area contributed by atoms with E-state index >= 15 is 0 Å². The lowest BCUT2D eigenvalue weighted by Gasteiger charge is -1.97. The predicted octanol–water partition coefficient (Wildman–Crippen LogP) is 2.62. The van der Waals surface area contributed by atoms with Crippen LogP contribution in [0.2, 0.25) is 0 Å². The molecule has 1 aromatic heterocycles. The molecule has 1 aliphatic carbocycles. The van der Waals surface area contributed by atoms with Gasteiger partial charge in [-0.2, -0.15) is 0 Å². The molecule has 0 radical (unpaired) electrons. The molecule has 90 valence electrons. The maximum Gasteiger partial charge on any atom is 0.229 e. The van der Waals surface area contributed by atoms with Gasteiger partial charge in [0, 0.05) is 18.3 Å². The van der Waals surface area contributed by atoms with Crippen molar-refractivity contribution in [3.05, 3.63) is 23.3 Å². The minimum Gasteiger partial charge on any atom is -0.302 e. The number of aryl methyl sites for hydroxylation is 1. The summed E-state index contributed by atoms with van der Waals surface area (Å²) in [6.07, 6.45) is 6.05. The fourth-order valence-electron chi connectivity index (χ4n) is 1.44. The highest BCUT2D eigenvalue weighted by Crippen LogP contribution is 2.31. The predicted molar refractivity (Wildman–Crippen MR) is 70.6 cm³/mol. The normalized spacial score (nSPS) is 15.1. The third-order valence-corrected chi connectivity index (χ3v) is 3.49. The molecule has 0 saturated heterocycles. The molecular weight excluding hydrogens is 234 g/mol. The zero-order valence-electron chi connectivity index (χ0n) is 9.77. The van der Waals surface area contributed by atoms with Crippen LogP contribution in [0.5, 0.6) is 0 Å². The van der Waals surface area contributed by atoms with Crippen LogP contribution in [0.1, 0.15) is 30.3 Å². The SMILES string of the molecule is C=CN=Cc1sc(NC(=O)C2CC2)nc1CC. The van der Waals surface area contributed by atoms with Crippen LogP contribution in [0, 0.1) is 5.92 Å². The fraction of sp³-hybridized carbons (Fsp3) is 0.417. The zero-order chi connectivity index (χ0) is 12.3. The standard InChI is InChI=1S/C12H15N3OS/c1-3-9-10(7-13-4-2)17-12(14-9)15-11(16)8-5-6-8/h4,7-8H,2-3,5-6H2,1H3,(H,14,15,16). The van der Waals surface area contributed by atoms with Gasteiger partial charge < -0.3 is 5.32 Å². The van der Waals surface area contributed by atoms with Crippen molar-refractivity contribution in [1.29, 1.82) is 0 Å². The second-order valence-corrected chi connectivity index (χ2v) is 4.94. The van der Waals surface area contributed by atoms with Crippen LogP contribution in [-0.2, 0) is 11.2 Å². The van der Waals surface area contributed by atoms with Gasteiger partial charge >= 0.3 is 0 Å². The van der Waals surface area contributed by atoms with Gasteiger partial charge in [-0.1, -0.05) is 24.8 Å². The number of aromatic nitrogens is 1. The van der Waals surface area contributed by atoms with Crippen LogP contribution < -0.4 is 5.32 Å². The Labute approximate surface area is 104 Å². The minimum atomic E-state index is 0.0913. The van der Waals surface area contributed by atoms with E-state index in [-0.39, 0.29) is 11.8 Å². The van der Waals surface area contributed by atoms with Gasteiger partial charge in [0.05, 0.1) is 10.6 Å². The molecule has 0 bridgehead atoms. The Morgan fingerprint density at radius 3 is 3.06 bits per heavy atom. The maximum atomic E-state index is 11.6. The Balaban J connectivity index is 2.11. The molecular formula is C12H15N3OS. The van der Waals surface area contributed by atoms with Gasteiger partial charge in [0.25, 0.3) is 0 Å². The quantitative estimate of drug-likeness (QED) is 0.815. The van der Waals surface area contributed by atoms with Gasteiger partial charge in [-0.25, -0.2) is 4.98 Å². The van der Waals surface area contributed by atoms with Gasteiger partial charge in [-0.3, -0.25) is 9.79 Å². The average Bonchev–Trinajstić information content (AvgIpc) is 3.10. The zero-order valence-corrected chi connectivity index (χ0v) is 10.6. The molecule has 1 fully saturated rings. The fourth-order valence-corrected chi connectivity index (χ4v) is 2.38. The van der Waals surface area contributed by atoms with Crippen LogP contribution >= 0.6 is 11.3 Å². The summed E-state index contributed by atoms with van der Waals surface area (Å²) in [5.74, 6) is 0.294. The Kier molecular flexibility index (Phi) is 3.68. The van der Waals surface area contributed by atoms with E-state index in [1.165, 1.54) is 17.5 Å². The lowest BCUT2D eigenvalue weighted by molar-refractivity contribution is -0.117. The van der Waals surface area contributed by atoms with Crippen molar-refractivity contribution in [2.45, 2.75) is 26.2 Å². The second-order valence-electron chi connectivity index (χ2n) is 3.91. The molecule has 2 rings (SSSR count).